The lowest BCUT2D eigenvalue weighted by Crippen LogP contribution is -2.30. The summed E-state index contributed by atoms with van der Waals surface area (Å²) in [6.45, 7) is 3.30. The number of hydrogen-bond acceptors (Lipinski definition) is 4. The van der Waals surface area contributed by atoms with Crippen molar-refractivity contribution in [2.24, 2.45) is 0 Å². The van der Waals surface area contributed by atoms with Crippen LogP contribution in [0.3, 0.4) is 0 Å². The first-order valence-corrected chi connectivity index (χ1v) is 7.39. The highest BCUT2D eigenvalue weighted by Gasteiger charge is 2.20. The fourth-order valence-electron chi connectivity index (χ4n) is 2.20. The van der Waals surface area contributed by atoms with Crippen LogP contribution in [-0.4, -0.2) is 24.1 Å². The summed E-state index contributed by atoms with van der Waals surface area (Å²) in [7, 11) is 0. The van der Waals surface area contributed by atoms with Crippen molar-refractivity contribution in [3.8, 4) is 11.5 Å². The van der Waals surface area contributed by atoms with E-state index in [1.165, 1.54) is 6.26 Å². The van der Waals surface area contributed by atoms with Crippen LogP contribution in [-0.2, 0) is 6.54 Å². The van der Waals surface area contributed by atoms with E-state index < -0.39 is 0 Å². The highest BCUT2D eigenvalue weighted by atomic mass is 79.9. The standard InChI is InChI=1S/C15H14BrNO4/c1-2-17(15(18)11-5-6-19-14(11)16)8-10-3-4-12-13(7-10)21-9-20-12/h3-7H,2,8-9H2,1H3. The first-order chi connectivity index (χ1) is 10.2. The van der Waals surface area contributed by atoms with E-state index >= 15 is 0 Å². The van der Waals surface area contributed by atoms with Crippen LogP contribution >= 0.6 is 15.9 Å². The van der Waals surface area contributed by atoms with Gasteiger partial charge in [-0.05, 0) is 46.6 Å². The molecular weight excluding hydrogens is 338 g/mol. The van der Waals surface area contributed by atoms with Gasteiger partial charge < -0.3 is 18.8 Å². The van der Waals surface area contributed by atoms with E-state index in [2.05, 4.69) is 15.9 Å². The average Bonchev–Trinajstić information content (AvgIpc) is 3.12. The van der Waals surface area contributed by atoms with Crippen LogP contribution in [0, 0.1) is 0 Å². The van der Waals surface area contributed by atoms with Gasteiger partial charge in [-0.25, -0.2) is 0 Å². The second kappa shape index (κ2) is 5.81. The van der Waals surface area contributed by atoms with Crippen molar-refractivity contribution in [1.29, 1.82) is 0 Å². The van der Waals surface area contributed by atoms with Crippen LogP contribution in [0.25, 0.3) is 0 Å². The fourth-order valence-corrected chi connectivity index (χ4v) is 2.61. The van der Waals surface area contributed by atoms with E-state index in [-0.39, 0.29) is 12.7 Å². The van der Waals surface area contributed by atoms with E-state index in [0.29, 0.717) is 23.3 Å². The number of carbonyl (C=O) groups is 1. The smallest absolute Gasteiger partial charge is 0.258 e. The van der Waals surface area contributed by atoms with E-state index in [0.717, 1.165) is 17.1 Å². The number of furan rings is 1. The van der Waals surface area contributed by atoms with E-state index in [1.54, 1.807) is 11.0 Å². The normalized spacial score (nSPS) is 12.5. The van der Waals surface area contributed by atoms with Crippen molar-refractivity contribution < 1.29 is 18.7 Å². The largest absolute Gasteiger partial charge is 0.457 e. The summed E-state index contributed by atoms with van der Waals surface area (Å²) in [4.78, 5) is 14.2. The number of hydrogen-bond donors (Lipinski definition) is 0. The minimum Gasteiger partial charge on any atom is -0.457 e. The Bertz CT molecular complexity index is 667. The van der Waals surface area contributed by atoms with Gasteiger partial charge in [-0.3, -0.25) is 4.79 Å². The van der Waals surface area contributed by atoms with Gasteiger partial charge in [0.25, 0.3) is 5.91 Å². The van der Waals surface area contributed by atoms with Crippen molar-refractivity contribution in [3.63, 3.8) is 0 Å². The summed E-state index contributed by atoms with van der Waals surface area (Å²) < 4.78 is 16.2. The van der Waals surface area contributed by atoms with Crippen LogP contribution < -0.4 is 9.47 Å². The van der Waals surface area contributed by atoms with Gasteiger partial charge in [0, 0.05) is 13.1 Å². The van der Waals surface area contributed by atoms with Gasteiger partial charge in [0.05, 0.1) is 11.8 Å². The lowest BCUT2D eigenvalue weighted by atomic mass is 10.1. The van der Waals surface area contributed by atoms with Crippen LogP contribution in [0.2, 0.25) is 0 Å². The van der Waals surface area contributed by atoms with Gasteiger partial charge in [0.1, 0.15) is 0 Å². The third kappa shape index (κ3) is 2.76. The molecule has 0 unspecified atom stereocenters. The van der Waals surface area contributed by atoms with Crippen LogP contribution in [0.15, 0.2) is 39.6 Å². The zero-order chi connectivity index (χ0) is 14.8. The lowest BCUT2D eigenvalue weighted by Gasteiger charge is -2.20. The molecule has 0 atom stereocenters. The monoisotopic (exact) mass is 351 g/mol. The molecule has 0 N–H and O–H groups in total. The summed E-state index contributed by atoms with van der Waals surface area (Å²) >= 11 is 3.24. The topological polar surface area (TPSA) is 51.9 Å². The molecule has 3 rings (SSSR count). The zero-order valence-electron chi connectivity index (χ0n) is 11.5. The molecular formula is C15H14BrNO4. The fraction of sp³-hybridized carbons (Fsp3) is 0.267. The molecule has 0 aliphatic carbocycles. The van der Waals surface area contributed by atoms with Crippen molar-refractivity contribution in [2.75, 3.05) is 13.3 Å². The Kier molecular flexibility index (Phi) is 3.88. The molecule has 1 aromatic carbocycles. The predicted octanol–water partition coefficient (Wildman–Crippen LogP) is 3.43. The molecule has 1 aliphatic heterocycles. The summed E-state index contributed by atoms with van der Waals surface area (Å²) in [5, 5.41) is 0. The maximum absolute atomic E-state index is 12.5. The summed E-state index contributed by atoms with van der Waals surface area (Å²) in [6, 6.07) is 7.37. The van der Waals surface area contributed by atoms with Crippen molar-refractivity contribution in [2.45, 2.75) is 13.5 Å². The quantitative estimate of drug-likeness (QED) is 0.846. The van der Waals surface area contributed by atoms with Gasteiger partial charge in [-0.15, -0.1) is 0 Å². The minimum absolute atomic E-state index is 0.0733. The molecule has 21 heavy (non-hydrogen) atoms. The molecule has 110 valence electrons. The number of carbonyl (C=O) groups excluding carboxylic acids is 1. The highest BCUT2D eigenvalue weighted by Crippen LogP contribution is 2.33. The number of amides is 1. The zero-order valence-corrected chi connectivity index (χ0v) is 13.1. The molecule has 1 aromatic heterocycles. The molecule has 0 bridgehead atoms. The van der Waals surface area contributed by atoms with Gasteiger partial charge >= 0.3 is 0 Å². The maximum atomic E-state index is 12.5. The van der Waals surface area contributed by atoms with Crippen molar-refractivity contribution >= 4 is 21.8 Å². The molecule has 0 saturated heterocycles. The van der Waals surface area contributed by atoms with Crippen molar-refractivity contribution in [3.05, 3.63) is 46.3 Å². The number of ether oxygens (including phenoxy) is 2. The summed E-state index contributed by atoms with van der Waals surface area (Å²) in [5.41, 5.74) is 1.52. The first kappa shape index (κ1) is 14.0. The van der Waals surface area contributed by atoms with Crippen LogP contribution in [0.4, 0.5) is 0 Å². The van der Waals surface area contributed by atoms with Gasteiger partial charge in [0.15, 0.2) is 16.2 Å². The minimum atomic E-state index is -0.0733. The Hall–Kier alpha value is -1.95. The molecule has 0 saturated carbocycles. The number of nitrogens with zero attached hydrogens (tertiary/aromatic N) is 1. The van der Waals surface area contributed by atoms with E-state index in [1.807, 2.05) is 25.1 Å². The van der Waals surface area contributed by atoms with E-state index in [4.69, 9.17) is 13.9 Å². The summed E-state index contributed by atoms with van der Waals surface area (Å²) in [5.74, 6) is 1.39. The SMILES string of the molecule is CCN(Cc1ccc2c(c1)OCO2)C(=O)c1ccoc1Br. The lowest BCUT2D eigenvalue weighted by molar-refractivity contribution is 0.0750. The number of fused-ring (bicyclic) bond motifs is 1. The van der Waals surface area contributed by atoms with Crippen molar-refractivity contribution in [1.82, 2.24) is 4.90 Å². The molecule has 0 fully saturated rings. The predicted molar refractivity (Wildman–Crippen MR) is 79.4 cm³/mol. The molecule has 2 heterocycles. The molecule has 1 aliphatic rings. The van der Waals surface area contributed by atoms with Gasteiger partial charge in [-0.1, -0.05) is 6.07 Å². The first-order valence-electron chi connectivity index (χ1n) is 6.60. The second-order valence-electron chi connectivity index (χ2n) is 4.61. The Labute approximate surface area is 130 Å². The Morgan fingerprint density at radius 1 is 1.29 bits per heavy atom. The number of benzene rings is 1. The third-order valence-corrected chi connectivity index (χ3v) is 3.94. The molecule has 5 nitrogen and oxygen atoms in total. The summed E-state index contributed by atoms with van der Waals surface area (Å²) in [6.07, 6.45) is 1.49. The third-order valence-electron chi connectivity index (χ3n) is 3.33. The van der Waals surface area contributed by atoms with Crippen LogP contribution in [0.1, 0.15) is 22.8 Å². The maximum Gasteiger partial charge on any atom is 0.258 e. The second-order valence-corrected chi connectivity index (χ2v) is 5.34. The molecule has 0 radical (unpaired) electrons. The molecule has 0 spiro atoms. The van der Waals surface area contributed by atoms with Gasteiger partial charge in [0.2, 0.25) is 6.79 Å². The van der Waals surface area contributed by atoms with E-state index in [9.17, 15) is 4.79 Å². The van der Waals surface area contributed by atoms with Crippen LogP contribution in [0.5, 0.6) is 11.5 Å². The Morgan fingerprint density at radius 2 is 2.10 bits per heavy atom. The Morgan fingerprint density at radius 3 is 2.81 bits per heavy atom. The number of rotatable bonds is 4. The molecule has 6 heteroatoms. The van der Waals surface area contributed by atoms with Gasteiger partial charge in [-0.2, -0.15) is 0 Å². The number of halogens is 1. The average molecular weight is 352 g/mol. The Balaban J connectivity index is 1.78. The molecule has 2 aromatic rings. The molecule has 1 amide bonds. The highest BCUT2D eigenvalue weighted by molar-refractivity contribution is 9.10.